The molecule has 2 saturated heterocycles. The van der Waals surface area contributed by atoms with E-state index >= 15 is 0 Å². The normalized spacial score (nSPS) is 29.9. The second-order valence-electron chi connectivity index (χ2n) is 5.65. The van der Waals surface area contributed by atoms with Gasteiger partial charge < -0.3 is 4.74 Å². The largest absolute Gasteiger partial charge is 0.419 e. The number of nitrogens with one attached hydrogen (secondary N) is 1. The first-order valence-corrected chi connectivity index (χ1v) is 6.88. The van der Waals surface area contributed by atoms with Crippen LogP contribution in [0.2, 0.25) is 0 Å². The molecule has 116 valence electrons. The first-order valence-electron chi connectivity index (χ1n) is 6.88. The SMILES string of the molecule is NNC(c1ccc(C(F)(F)F)c(F)c1)C1CC2CCC1O2. The van der Waals surface area contributed by atoms with Gasteiger partial charge in [-0.3, -0.25) is 11.3 Å². The van der Waals surface area contributed by atoms with Gasteiger partial charge in [-0.1, -0.05) is 6.07 Å². The van der Waals surface area contributed by atoms with Crippen molar-refractivity contribution in [3.05, 3.63) is 35.1 Å². The number of nitrogens with two attached hydrogens (primary N) is 1. The molecule has 0 aliphatic carbocycles. The third-order valence-corrected chi connectivity index (χ3v) is 4.42. The molecule has 2 aliphatic rings. The Morgan fingerprint density at radius 1 is 1.29 bits per heavy atom. The Bertz CT molecular complexity index is 534. The summed E-state index contributed by atoms with van der Waals surface area (Å²) in [6, 6.07) is 2.56. The number of rotatable bonds is 3. The molecular formula is C14H16F4N2O. The predicted octanol–water partition coefficient (Wildman–Crippen LogP) is 2.92. The zero-order valence-corrected chi connectivity index (χ0v) is 11.2. The van der Waals surface area contributed by atoms with Crippen molar-refractivity contribution in [1.29, 1.82) is 0 Å². The van der Waals surface area contributed by atoms with Gasteiger partial charge in [-0.25, -0.2) is 4.39 Å². The van der Waals surface area contributed by atoms with Gasteiger partial charge in [-0.2, -0.15) is 13.2 Å². The fraction of sp³-hybridized carbons (Fsp3) is 0.571. The summed E-state index contributed by atoms with van der Waals surface area (Å²) in [6.45, 7) is 0. The maximum atomic E-state index is 13.7. The second-order valence-corrected chi connectivity index (χ2v) is 5.65. The van der Waals surface area contributed by atoms with Crippen LogP contribution in [0.3, 0.4) is 0 Å². The molecule has 4 unspecified atom stereocenters. The molecule has 21 heavy (non-hydrogen) atoms. The molecule has 0 spiro atoms. The zero-order chi connectivity index (χ0) is 15.2. The highest BCUT2D eigenvalue weighted by Gasteiger charge is 2.45. The Morgan fingerprint density at radius 2 is 2.05 bits per heavy atom. The van der Waals surface area contributed by atoms with Gasteiger partial charge in [0.1, 0.15) is 5.82 Å². The first kappa shape index (κ1) is 14.7. The molecular weight excluding hydrogens is 288 g/mol. The number of hydrogen-bond acceptors (Lipinski definition) is 3. The molecule has 0 aromatic heterocycles. The summed E-state index contributed by atoms with van der Waals surface area (Å²) >= 11 is 0. The van der Waals surface area contributed by atoms with Crippen molar-refractivity contribution in [2.24, 2.45) is 11.8 Å². The molecule has 0 amide bonds. The number of fused-ring (bicyclic) bond motifs is 2. The van der Waals surface area contributed by atoms with Crippen LogP contribution in [0.5, 0.6) is 0 Å². The van der Waals surface area contributed by atoms with Crippen LogP contribution >= 0.6 is 0 Å². The lowest BCUT2D eigenvalue weighted by Crippen LogP contribution is -2.37. The number of ether oxygens (including phenoxy) is 1. The zero-order valence-electron chi connectivity index (χ0n) is 11.2. The maximum absolute atomic E-state index is 13.7. The third-order valence-electron chi connectivity index (χ3n) is 4.42. The maximum Gasteiger partial charge on any atom is 0.419 e. The van der Waals surface area contributed by atoms with Crippen molar-refractivity contribution in [3.8, 4) is 0 Å². The number of benzene rings is 1. The van der Waals surface area contributed by atoms with E-state index < -0.39 is 23.6 Å². The fourth-order valence-corrected chi connectivity index (χ4v) is 3.45. The average molecular weight is 304 g/mol. The van der Waals surface area contributed by atoms with Gasteiger partial charge in [0.2, 0.25) is 0 Å². The highest BCUT2D eigenvalue weighted by molar-refractivity contribution is 5.29. The van der Waals surface area contributed by atoms with E-state index in [2.05, 4.69) is 5.43 Å². The summed E-state index contributed by atoms with van der Waals surface area (Å²) < 4.78 is 57.2. The van der Waals surface area contributed by atoms with Gasteiger partial charge in [-0.15, -0.1) is 0 Å². The molecule has 3 nitrogen and oxygen atoms in total. The Kier molecular flexibility index (Phi) is 3.67. The van der Waals surface area contributed by atoms with Crippen LogP contribution in [-0.2, 0) is 10.9 Å². The highest BCUT2D eigenvalue weighted by atomic mass is 19.4. The van der Waals surface area contributed by atoms with E-state index in [1.54, 1.807) is 0 Å². The van der Waals surface area contributed by atoms with Crippen molar-refractivity contribution >= 4 is 0 Å². The number of alkyl halides is 3. The Morgan fingerprint density at radius 3 is 2.52 bits per heavy atom. The Labute approximate surface area is 119 Å². The molecule has 3 N–H and O–H groups in total. The minimum Gasteiger partial charge on any atom is -0.375 e. The van der Waals surface area contributed by atoms with E-state index in [-0.39, 0.29) is 18.1 Å². The van der Waals surface area contributed by atoms with Crippen molar-refractivity contribution in [2.45, 2.75) is 43.7 Å². The second kappa shape index (κ2) is 5.23. The minimum absolute atomic E-state index is 0.0430. The van der Waals surface area contributed by atoms with E-state index in [1.165, 1.54) is 6.07 Å². The van der Waals surface area contributed by atoms with Gasteiger partial charge in [0, 0.05) is 5.92 Å². The van der Waals surface area contributed by atoms with Gasteiger partial charge in [0.25, 0.3) is 0 Å². The third kappa shape index (κ3) is 2.65. The molecule has 2 bridgehead atoms. The number of hydrogen-bond donors (Lipinski definition) is 2. The van der Waals surface area contributed by atoms with Crippen LogP contribution in [0, 0.1) is 11.7 Å². The number of halogens is 4. The van der Waals surface area contributed by atoms with E-state index in [0.29, 0.717) is 5.56 Å². The lowest BCUT2D eigenvalue weighted by Gasteiger charge is -2.28. The smallest absolute Gasteiger partial charge is 0.375 e. The van der Waals surface area contributed by atoms with Crippen molar-refractivity contribution in [3.63, 3.8) is 0 Å². The first-order chi connectivity index (χ1) is 9.90. The van der Waals surface area contributed by atoms with E-state index in [1.807, 2.05) is 0 Å². The van der Waals surface area contributed by atoms with Crippen LogP contribution in [0.25, 0.3) is 0 Å². The lowest BCUT2D eigenvalue weighted by molar-refractivity contribution is -0.140. The van der Waals surface area contributed by atoms with Crippen LogP contribution in [-0.4, -0.2) is 12.2 Å². The van der Waals surface area contributed by atoms with Crippen molar-refractivity contribution in [2.75, 3.05) is 0 Å². The lowest BCUT2D eigenvalue weighted by atomic mass is 9.81. The molecule has 3 rings (SSSR count). The topological polar surface area (TPSA) is 47.3 Å². The highest BCUT2D eigenvalue weighted by Crippen LogP contribution is 2.45. The standard InChI is InChI=1S/C14H16F4N2O/c15-11-5-7(1-3-10(11)14(16,17)18)13(20-19)9-6-8-2-4-12(9)21-8/h1,3,5,8-9,12-13,20H,2,4,6,19H2. The Hall–Kier alpha value is -1.18. The molecule has 1 aromatic rings. The molecule has 7 heteroatoms. The van der Waals surface area contributed by atoms with E-state index in [0.717, 1.165) is 31.4 Å². The average Bonchev–Trinajstić information content (AvgIpc) is 3.00. The molecule has 4 atom stereocenters. The summed E-state index contributed by atoms with van der Waals surface area (Å²) in [4.78, 5) is 0. The van der Waals surface area contributed by atoms with Crippen LogP contribution in [0.1, 0.15) is 36.4 Å². The quantitative estimate of drug-likeness (QED) is 0.513. The Balaban J connectivity index is 1.86. The van der Waals surface area contributed by atoms with E-state index in [4.69, 9.17) is 10.6 Å². The van der Waals surface area contributed by atoms with Crippen LogP contribution in [0.4, 0.5) is 17.6 Å². The van der Waals surface area contributed by atoms with Crippen LogP contribution < -0.4 is 11.3 Å². The van der Waals surface area contributed by atoms with Crippen molar-refractivity contribution in [1.82, 2.24) is 5.43 Å². The van der Waals surface area contributed by atoms with Gasteiger partial charge in [-0.05, 0) is 37.0 Å². The number of hydrazine groups is 1. The monoisotopic (exact) mass is 304 g/mol. The van der Waals surface area contributed by atoms with Gasteiger partial charge in [0.05, 0.1) is 23.8 Å². The van der Waals surface area contributed by atoms with E-state index in [9.17, 15) is 17.6 Å². The van der Waals surface area contributed by atoms with Crippen molar-refractivity contribution < 1.29 is 22.3 Å². The van der Waals surface area contributed by atoms with Crippen LogP contribution in [0.15, 0.2) is 18.2 Å². The summed E-state index contributed by atoms with van der Waals surface area (Å²) in [5.74, 6) is 4.33. The summed E-state index contributed by atoms with van der Waals surface area (Å²) in [7, 11) is 0. The molecule has 2 aliphatic heterocycles. The molecule has 2 fully saturated rings. The summed E-state index contributed by atoms with van der Waals surface area (Å²) in [5.41, 5.74) is 1.77. The summed E-state index contributed by atoms with van der Waals surface area (Å²) in [5, 5.41) is 0. The molecule has 0 radical (unpaired) electrons. The predicted molar refractivity (Wildman–Crippen MR) is 67.5 cm³/mol. The van der Waals surface area contributed by atoms with Gasteiger partial charge >= 0.3 is 6.18 Å². The fourth-order valence-electron chi connectivity index (χ4n) is 3.45. The molecule has 1 aromatic carbocycles. The van der Waals surface area contributed by atoms with Gasteiger partial charge in [0.15, 0.2) is 0 Å². The molecule has 2 heterocycles. The molecule has 0 saturated carbocycles. The minimum atomic E-state index is -4.69. The summed E-state index contributed by atoms with van der Waals surface area (Å²) in [6.07, 6.45) is -1.75.